The lowest BCUT2D eigenvalue weighted by Crippen LogP contribution is -2.29. The van der Waals surface area contributed by atoms with E-state index in [0.29, 0.717) is 22.3 Å². The molecule has 0 aliphatic heterocycles. The van der Waals surface area contributed by atoms with Crippen molar-refractivity contribution in [2.45, 2.75) is 23.7 Å². The van der Waals surface area contributed by atoms with E-state index in [2.05, 4.69) is 19.7 Å². The van der Waals surface area contributed by atoms with Gasteiger partial charge in [-0.1, -0.05) is 11.6 Å². The van der Waals surface area contributed by atoms with E-state index >= 15 is 0 Å². The van der Waals surface area contributed by atoms with Crippen LogP contribution < -0.4 is 15.8 Å². The van der Waals surface area contributed by atoms with Crippen molar-refractivity contribution in [1.82, 2.24) is 15.0 Å². The standard InChI is InChI=1S/C22H16ClFN4O4S/c23-16-7-14(10-25-20(16)12-3-5-13(24)6-4-12)28-33(31,32)19-9-18-17(8-15(19)11-1-2-11)26-21(29)22(30)27-18/h3-11,28H,1-2H2,(H,26,29)(H,27,30). The fraction of sp³-hybridized carbons (Fsp3) is 0.136. The van der Waals surface area contributed by atoms with Gasteiger partial charge in [0.25, 0.3) is 10.0 Å². The lowest BCUT2D eigenvalue weighted by Gasteiger charge is -2.14. The largest absolute Gasteiger partial charge is 0.316 e. The highest BCUT2D eigenvalue weighted by Gasteiger charge is 2.31. The van der Waals surface area contributed by atoms with Crippen LogP contribution in [0.25, 0.3) is 22.3 Å². The minimum Gasteiger partial charge on any atom is -0.316 e. The topological polar surface area (TPSA) is 125 Å². The third-order valence-corrected chi connectivity index (χ3v) is 7.10. The Hall–Kier alpha value is -3.50. The normalized spacial score (nSPS) is 13.9. The van der Waals surface area contributed by atoms with Crippen LogP contribution in [0.3, 0.4) is 0 Å². The summed E-state index contributed by atoms with van der Waals surface area (Å²) in [5.41, 5.74) is 0.540. The maximum Gasteiger partial charge on any atom is 0.314 e. The molecule has 4 aromatic rings. The highest BCUT2D eigenvalue weighted by Crippen LogP contribution is 2.44. The fourth-order valence-electron chi connectivity index (χ4n) is 3.63. The molecule has 0 amide bonds. The van der Waals surface area contributed by atoms with Gasteiger partial charge in [-0.15, -0.1) is 0 Å². The van der Waals surface area contributed by atoms with E-state index in [9.17, 15) is 22.4 Å². The van der Waals surface area contributed by atoms with Crippen LogP contribution in [0.15, 0.2) is 63.1 Å². The van der Waals surface area contributed by atoms with Gasteiger partial charge in [0.1, 0.15) is 5.82 Å². The third kappa shape index (κ3) is 4.14. The number of rotatable bonds is 5. The quantitative estimate of drug-likeness (QED) is 0.370. The Bertz CT molecular complexity index is 1630. The van der Waals surface area contributed by atoms with Crippen molar-refractivity contribution in [1.29, 1.82) is 0 Å². The molecule has 0 bridgehead atoms. The van der Waals surface area contributed by atoms with Crippen LogP contribution >= 0.6 is 11.6 Å². The van der Waals surface area contributed by atoms with Gasteiger partial charge in [0.05, 0.1) is 38.5 Å². The number of fused-ring (bicyclic) bond motifs is 1. The maximum absolute atomic E-state index is 13.3. The molecule has 2 heterocycles. The minimum atomic E-state index is -4.08. The SMILES string of the molecule is O=c1[nH]c2cc(C3CC3)c(S(=O)(=O)Nc3cnc(-c4ccc(F)cc4)c(Cl)c3)cc2[nH]c1=O. The van der Waals surface area contributed by atoms with E-state index in [1.807, 2.05) is 0 Å². The molecule has 1 aliphatic rings. The monoisotopic (exact) mass is 486 g/mol. The zero-order valence-electron chi connectivity index (χ0n) is 16.9. The molecule has 1 saturated carbocycles. The van der Waals surface area contributed by atoms with Gasteiger partial charge in [0.2, 0.25) is 0 Å². The van der Waals surface area contributed by atoms with Crippen LogP contribution in [0, 0.1) is 5.82 Å². The van der Waals surface area contributed by atoms with Crippen molar-refractivity contribution in [3.63, 3.8) is 0 Å². The van der Waals surface area contributed by atoms with Crippen molar-refractivity contribution >= 4 is 38.3 Å². The first-order valence-electron chi connectivity index (χ1n) is 9.96. The van der Waals surface area contributed by atoms with Gasteiger partial charge in [-0.3, -0.25) is 19.3 Å². The molecule has 3 N–H and O–H groups in total. The molecule has 8 nitrogen and oxygen atoms in total. The average molecular weight is 487 g/mol. The van der Waals surface area contributed by atoms with E-state index in [4.69, 9.17) is 11.6 Å². The lowest BCUT2D eigenvalue weighted by atomic mass is 10.1. The summed E-state index contributed by atoms with van der Waals surface area (Å²) in [4.78, 5) is 32.5. The predicted molar refractivity (Wildman–Crippen MR) is 123 cm³/mol. The summed E-state index contributed by atoms with van der Waals surface area (Å²) in [7, 11) is -4.08. The first-order chi connectivity index (χ1) is 15.7. The Morgan fingerprint density at radius 1 is 1.00 bits per heavy atom. The van der Waals surface area contributed by atoms with Crippen LogP contribution in [0.5, 0.6) is 0 Å². The highest BCUT2D eigenvalue weighted by atomic mass is 35.5. The van der Waals surface area contributed by atoms with Crippen LogP contribution in [0.1, 0.15) is 24.3 Å². The first-order valence-corrected chi connectivity index (χ1v) is 11.8. The number of sulfonamides is 1. The number of pyridine rings is 1. The molecule has 168 valence electrons. The first kappa shape index (κ1) is 21.4. The summed E-state index contributed by atoms with van der Waals surface area (Å²) in [5, 5.41) is 0.185. The minimum absolute atomic E-state index is 0.000988. The van der Waals surface area contributed by atoms with Gasteiger partial charge in [-0.2, -0.15) is 0 Å². The Morgan fingerprint density at radius 2 is 1.64 bits per heavy atom. The second kappa shape index (κ2) is 7.82. The van der Waals surface area contributed by atoms with Gasteiger partial charge >= 0.3 is 11.1 Å². The molecule has 0 spiro atoms. The van der Waals surface area contributed by atoms with Crippen molar-refractivity contribution in [2.75, 3.05) is 4.72 Å². The number of nitrogens with one attached hydrogen (secondary N) is 3. The van der Waals surface area contributed by atoms with Crippen molar-refractivity contribution in [3.05, 3.63) is 85.8 Å². The molecule has 11 heteroatoms. The second-order valence-electron chi connectivity index (χ2n) is 7.78. The number of aromatic amines is 2. The number of anilines is 1. The number of hydrogen-bond donors (Lipinski definition) is 3. The number of nitrogens with zero attached hydrogens (tertiary/aromatic N) is 1. The maximum atomic E-state index is 13.3. The molecule has 1 aliphatic carbocycles. The predicted octanol–water partition coefficient (Wildman–Crippen LogP) is 3.75. The summed E-state index contributed by atoms with van der Waals surface area (Å²) in [6, 6.07) is 9.95. The van der Waals surface area contributed by atoms with E-state index in [0.717, 1.165) is 12.8 Å². The summed E-state index contributed by atoms with van der Waals surface area (Å²) in [5.74, 6) is -0.356. The van der Waals surface area contributed by atoms with E-state index < -0.39 is 27.0 Å². The number of halogens is 2. The Kier molecular flexibility index (Phi) is 5.06. The molecule has 5 rings (SSSR count). The van der Waals surface area contributed by atoms with Crippen LogP contribution in [0.2, 0.25) is 5.02 Å². The van der Waals surface area contributed by atoms with Crippen LogP contribution in [0.4, 0.5) is 10.1 Å². The van der Waals surface area contributed by atoms with Crippen molar-refractivity contribution in [3.8, 4) is 11.3 Å². The Labute approximate surface area is 191 Å². The molecular weight excluding hydrogens is 471 g/mol. The van der Waals surface area contributed by atoms with Gasteiger partial charge in [0, 0.05) is 5.56 Å². The van der Waals surface area contributed by atoms with Gasteiger partial charge < -0.3 is 9.97 Å². The molecule has 0 atom stereocenters. The Morgan fingerprint density at radius 3 is 2.24 bits per heavy atom. The number of benzene rings is 2. The van der Waals surface area contributed by atoms with Gasteiger partial charge in [-0.05, 0) is 66.8 Å². The van der Waals surface area contributed by atoms with E-state index in [1.54, 1.807) is 6.07 Å². The lowest BCUT2D eigenvalue weighted by molar-refractivity contribution is 0.600. The molecule has 0 unspecified atom stereocenters. The van der Waals surface area contributed by atoms with E-state index in [-0.39, 0.29) is 27.0 Å². The van der Waals surface area contributed by atoms with Crippen LogP contribution in [-0.4, -0.2) is 23.4 Å². The summed E-state index contributed by atoms with van der Waals surface area (Å²) < 4.78 is 42.2. The van der Waals surface area contributed by atoms with Crippen molar-refractivity contribution in [2.24, 2.45) is 0 Å². The van der Waals surface area contributed by atoms with E-state index in [1.165, 1.54) is 42.6 Å². The fourth-order valence-corrected chi connectivity index (χ4v) is 5.25. The molecule has 2 aromatic carbocycles. The third-order valence-electron chi connectivity index (χ3n) is 5.37. The number of aromatic nitrogens is 3. The smallest absolute Gasteiger partial charge is 0.314 e. The van der Waals surface area contributed by atoms with Gasteiger partial charge in [0.15, 0.2) is 0 Å². The molecule has 1 fully saturated rings. The highest BCUT2D eigenvalue weighted by molar-refractivity contribution is 7.92. The molecular formula is C22H16ClFN4O4S. The summed E-state index contributed by atoms with van der Waals surface area (Å²) in [6.07, 6.45) is 2.96. The Balaban J connectivity index is 1.54. The number of hydrogen-bond acceptors (Lipinski definition) is 5. The molecule has 0 radical (unpaired) electrons. The van der Waals surface area contributed by atoms with Gasteiger partial charge in [-0.25, -0.2) is 12.8 Å². The second-order valence-corrected chi connectivity index (χ2v) is 9.84. The molecule has 2 aromatic heterocycles. The summed E-state index contributed by atoms with van der Waals surface area (Å²) >= 11 is 6.32. The average Bonchev–Trinajstić information content (AvgIpc) is 3.60. The zero-order valence-corrected chi connectivity index (χ0v) is 18.4. The summed E-state index contributed by atoms with van der Waals surface area (Å²) in [6.45, 7) is 0. The van der Waals surface area contributed by atoms with Crippen molar-refractivity contribution < 1.29 is 12.8 Å². The van der Waals surface area contributed by atoms with Crippen LogP contribution in [-0.2, 0) is 10.0 Å². The molecule has 0 saturated heterocycles. The number of H-pyrrole nitrogens is 2. The molecule has 33 heavy (non-hydrogen) atoms. The zero-order chi connectivity index (χ0) is 23.3.